The number of carbonyl (C=O) groups excluding carboxylic acids is 1. The van der Waals surface area contributed by atoms with E-state index in [0.717, 1.165) is 5.56 Å². The summed E-state index contributed by atoms with van der Waals surface area (Å²) in [5, 5.41) is 5.62. The Hall–Kier alpha value is -2.04. The van der Waals surface area contributed by atoms with Crippen LogP contribution in [0.25, 0.3) is 0 Å². The lowest BCUT2D eigenvalue weighted by Gasteiger charge is -2.17. The van der Waals surface area contributed by atoms with E-state index in [2.05, 4.69) is 12.2 Å². The van der Waals surface area contributed by atoms with E-state index in [1.807, 2.05) is 60.8 Å². The highest BCUT2D eigenvalue weighted by Gasteiger charge is 2.21. The van der Waals surface area contributed by atoms with Gasteiger partial charge in [-0.15, -0.1) is 0 Å². The second kappa shape index (κ2) is 7.99. The fraction of sp³-hybridized carbons (Fsp3) is 0.278. The van der Waals surface area contributed by atoms with Gasteiger partial charge in [0.15, 0.2) is 6.04 Å². The Balaban J connectivity index is 1.99. The third-order valence-electron chi connectivity index (χ3n) is 3.73. The zero-order valence-electron chi connectivity index (χ0n) is 13.5. The van der Waals surface area contributed by atoms with Gasteiger partial charge in [-0.3, -0.25) is 4.79 Å². The Bertz CT molecular complexity index is 676. The van der Waals surface area contributed by atoms with Crippen molar-refractivity contribution in [2.75, 3.05) is 12.4 Å². The third-order valence-corrected chi connectivity index (χ3v) is 3.97. The molecule has 2 atom stereocenters. The van der Waals surface area contributed by atoms with Crippen LogP contribution in [-0.4, -0.2) is 19.1 Å². The van der Waals surface area contributed by atoms with Crippen LogP contribution in [0.5, 0.6) is 5.75 Å². The highest BCUT2D eigenvalue weighted by molar-refractivity contribution is 6.30. The minimum Gasteiger partial charge on any atom is -0.495 e. The van der Waals surface area contributed by atoms with E-state index in [0.29, 0.717) is 16.5 Å². The molecule has 3 N–H and O–H groups in total. The summed E-state index contributed by atoms with van der Waals surface area (Å²) < 4.78 is 5.25. The molecule has 0 saturated carbocycles. The Morgan fingerprint density at radius 1 is 1.17 bits per heavy atom. The van der Waals surface area contributed by atoms with Gasteiger partial charge in [-0.2, -0.15) is 0 Å². The standard InChI is InChI=1S/C18H21ClN2O2/c1-12(14-7-6-8-15(19)11-14)20-13(2)18(22)21-16-9-4-5-10-17(16)23-3/h4-13,20H,1-3H3,(H,21,22)/p+1/t12-,13+/m1/s1. The van der Waals surface area contributed by atoms with Gasteiger partial charge in [-0.25, -0.2) is 0 Å². The van der Waals surface area contributed by atoms with E-state index in [-0.39, 0.29) is 18.0 Å². The number of rotatable bonds is 6. The second-order valence-corrected chi connectivity index (χ2v) is 5.95. The molecule has 2 rings (SSSR count). The van der Waals surface area contributed by atoms with Crippen LogP contribution in [0.2, 0.25) is 5.02 Å². The lowest BCUT2D eigenvalue weighted by atomic mass is 10.1. The van der Waals surface area contributed by atoms with Crippen molar-refractivity contribution in [3.05, 3.63) is 59.1 Å². The average Bonchev–Trinajstić information content (AvgIpc) is 2.55. The molecule has 122 valence electrons. The molecule has 5 heteroatoms. The van der Waals surface area contributed by atoms with Crippen molar-refractivity contribution in [2.24, 2.45) is 0 Å². The van der Waals surface area contributed by atoms with Crippen LogP contribution in [0.4, 0.5) is 5.69 Å². The van der Waals surface area contributed by atoms with Gasteiger partial charge >= 0.3 is 0 Å². The summed E-state index contributed by atoms with van der Waals surface area (Å²) in [6, 6.07) is 15.0. The monoisotopic (exact) mass is 333 g/mol. The second-order valence-electron chi connectivity index (χ2n) is 5.51. The lowest BCUT2D eigenvalue weighted by molar-refractivity contribution is -0.709. The van der Waals surface area contributed by atoms with E-state index in [9.17, 15) is 4.79 Å². The van der Waals surface area contributed by atoms with Gasteiger partial charge in [0, 0.05) is 10.6 Å². The number of nitrogens with one attached hydrogen (secondary N) is 1. The summed E-state index contributed by atoms with van der Waals surface area (Å²) >= 11 is 6.02. The number of hydrogen-bond acceptors (Lipinski definition) is 2. The van der Waals surface area contributed by atoms with Gasteiger partial charge in [0.1, 0.15) is 11.8 Å². The number of para-hydroxylation sites is 2. The maximum Gasteiger partial charge on any atom is 0.282 e. The highest BCUT2D eigenvalue weighted by Crippen LogP contribution is 2.23. The molecule has 0 radical (unpaired) electrons. The molecule has 0 heterocycles. The molecule has 2 aromatic rings. The number of carbonyl (C=O) groups is 1. The van der Waals surface area contributed by atoms with Crippen molar-refractivity contribution in [3.63, 3.8) is 0 Å². The van der Waals surface area contributed by atoms with Crippen LogP contribution < -0.4 is 15.4 Å². The summed E-state index contributed by atoms with van der Waals surface area (Å²) in [5.41, 5.74) is 1.77. The fourth-order valence-corrected chi connectivity index (χ4v) is 2.61. The first-order valence-electron chi connectivity index (χ1n) is 7.55. The van der Waals surface area contributed by atoms with Gasteiger partial charge < -0.3 is 15.4 Å². The summed E-state index contributed by atoms with van der Waals surface area (Å²) in [4.78, 5) is 12.4. The summed E-state index contributed by atoms with van der Waals surface area (Å²) in [5.74, 6) is 0.583. The van der Waals surface area contributed by atoms with E-state index < -0.39 is 0 Å². The molecule has 0 bridgehead atoms. The van der Waals surface area contributed by atoms with Crippen LogP contribution in [0, 0.1) is 0 Å². The molecule has 2 aromatic carbocycles. The summed E-state index contributed by atoms with van der Waals surface area (Å²) in [6.45, 7) is 3.93. The first-order valence-corrected chi connectivity index (χ1v) is 7.93. The van der Waals surface area contributed by atoms with Crippen LogP contribution in [0.3, 0.4) is 0 Å². The fourth-order valence-electron chi connectivity index (χ4n) is 2.42. The first kappa shape index (κ1) is 17.3. The molecule has 0 aliphatic rings. The maximum absolute atomic E-state index is 12.4. The third kappa shape index (κ3) is 4.71. The van der Waals surface area contributed by atoms with Gasteiger partial charge in [-0.05, 0) is 38.1 Å². The predicted octanol–water partition coefficient (Wildman–Crippen LogP) is 3.00. The minimum atomic E-state index is -0.242. The zero-order valence-corrected chi connectivity index (χ0v) is 14.3. The number of amides is 1. The van der Waals surface area contributed by atoms with Crippen LogP contribution in [0.1, 0.15) is 25.5 Å². The van der Waals surface area contributed by atoms with Gasteiger partial charge in [0.05, 0.1) is 12.8 Å². The van der Waals surface area contributed by atoms with Crippen molar-refractivity contribution in [2.45, 2.75) is 25.9 Å². The number of methoxy groups -OCH3 is 1. The molecule has 1 amide bonds. The number of quaternary nitrogens is 1. The Morgan fingerprint density at radius 2 is 1.91 bits per heavy atom. The van der Waals surface area contributed by atoms with Crippen LogP contribution >= 0.6 is 11.6 Å². The van der Waals surface area contributed by atoms with E-state index in [1.54, 1.807) is 7.11 Å². The van der Waals surface area contributed by atoms with Gasteiger partial charge in [-0.1, -0.05) is 35.9 Å². The van der Waals surface area contributed by atoms with Gasteiger partial charge in [0.2, 0.25) is 0 Å². The van der Waals surface area contributed by atoms with Crippen molar-refractivity contribution in [1.82, 2.24) is 0 Å². The quantitative estimate of drug-likeness (QED) is 0.853. The molecule has 0 aromatic heterocycles. The van der Waals surface area contributed by atoms with Crippen molar-refractivity contribution in [3.8, 4) is 5.75 Å². The van der Waals surface area contributed by atoms with Crippen molar-refractivity contribution < 1.29 is 14.8 Å². The SMILES string of the molecule is COc1ccccc1NC(=O)[C@H](C)[NH2+][C@H](C)c1cccc(Cl)c1. The van der Waals surface area contributed by atoms with Gasteiger partial charge in [0.25, 0.3) is 5.91 Å². The first-order chi connectivity index (χ1) is 11.0. The zero-order chi connectivity index (χ0) is 16.8. The average molecular weight is 334 g/mol. The molecule has 0 unspecified atom stereocenters. The number of hydrogen-bond donors (Lipinski definition) is 2. The number of halogens is 1. The smallest absolute Gasteiger partial charge is 0.282 e. The molecule has 0 fully saturated rings. The Morgan fingerprint density at radius 3 is 2.61 bits per heavy atom. The molecule has 4 nitrogen and oxygen atoms in total. The number of nitrogens with two attached hydrogens (primary N) is 1. The van der Waals surface area contributed by atoms with E-state index >= 15 is 0 Å². The maximum atomic E-state index is 12.4. The molecule has 0 aliphatic carbocycles. The van der Waals surface area contributed by atoms with E-state index in [1.165, 1.54) is 0 Å². The Kier molecular flexibility index (Phi) is 6.02. The van der Waals surface area contributed by atoms with Crippen LogP contribution in [-0.2, 0) is 4.79 Å². The van der Waals surface area contributed by atoms with Crippen molar-refractivity contribution >= 4 is 23.2 Å². The molecule has 0 saturated heterocycles. The summed E-state index contributed by atoms with van der Waals surface area (Å²) in [6.07, 6.45) is 0. The minimum absolute atomic E-state index is 0.0663. The van der Waals surface area contributed by atoms with Crippen molar-refractivity contribution in [1.29, 1.82) is 0 Å². The van der Waals surface area contributed by atoms with Crippen LogP contribution in [0.15, 0.2) is 48.5 Å². The topological polar surface area (TPSA) is 54.9 Å². The number of anilines is 1. The largest absolute Gasteiger partial charge is 0.495 e. The Labute approximate surface area is 141 Å². The molecule has 0 spiro atoms. The number of benzene rings is 2. The molecular formula is C18H22ClN2O2+. The molecule has 0 aliphatic heterocycles. The normalized spacial score (nSPS) is 13.2. The highest BCUT2D eigenvalue weighted by atomic mass is 35.5. The van der Waals surface area contributed by atoms with E-state index in [4.69, 9.17) is 16.3 Å². The molecular weight excluding hydrogens is 312 g/mol. The molecule has 23 heavy (non-hydrogen) atoms. The lowest BCUT2D eigenvalue weighted by Crippen LogP contribution is -2.91. The predicted molar refractivity (Wildman–Crippen MR) is 92.9 cm³/mol. The summed E-state index contributed by atoms with van der Waals surface area (Å²) in [7, 11) is 1.59. The number of ether oxygens (including phenoxy) is 1.